The minimum absolute atomic E-state index is 0.0503. The average molecular weight is 352 g/mol. The number of hydrogen-bond acceptors (Lipinski definition) is 3. The maximum absolute atomic E-state index is 13.3. The van der Waals surface area contributed by atoms with Crippen molar-refractivity contribution in [3.63, 3.8) is 0 Å². The highest BCUT2D eigenvalue weighted by molar-refractivity contribution is 7.12. The van der Waals surface area contributed by atoms with Gasteiger partial charge in [0.15, 0.2) is 5.78 Å². The number of thiazole rings is 1. The lowest BCUT2D eigenvalue weighted by Crippen LogP contribution is -2.41. The lowest BCUT2D eigenvalue weighted by atomic mass is 9.59. The normalized spacial score (nSPS) is 24.9. The van der Waals surface area contributed by atoms with Crippen LogP contribution >= 0.6 is 11.3 Å². The van der Waals surface area contributed by atoms with Crippen LogP contribution in [0.1, 0.15) is 61.2 Å². The molecule has 0 radical (unpaired) electrons. The summed E-state index contributed by atoms with van der Waals surface area (Å²) in [5, 5.41) is 1.10. The van der Waals surface area contributed by atoms with Gasteiger partial charge in [-0.2, -0.15) is 0 Å². The summed E-state index contributed by atoms with van der Waals surface area (Å²) >= 11 is 1.78. The molecule has 1 aromatic carbocycles. The molecule has 0 unspecified atom stereocenters. The van der Waals surface area contributed by atoms with Gasteiger partial charge in [-0.1, -0.05) is 56.7 Å². The van der Waals surface area contributed by atoms with Gasteiger partial charge < -0.3 is 0 Å². The first-order valence-electron chi connectivity index (χ1n) is 9.15. The van der Waals surface area contributed by atoms with Crippen LogP contribution in [0, 0.1) is 12.3 Å². The van der Waals surface area contributed by atoms with Crippen LogP contribution in [0.25, 0.3) is 0 Å². The van der Waals surface area contributed by atoms with Gasteiger partial charge in [0, 0.05) is 23.3 Å². The number of rotatable bonds is 2. The maximum atomic E-state index is 13.3. The number of hydrogen-bond donors (Lipinski definition) is 0. The van der Waals surface area contributed by atoms with Crippen LogP contribution in [0.5, 0.6) is 0 Å². The Kier molecular flexibility index (Phi) is 3.77. The third-order valence-electron chi connectivity index (χ3n) is 5.76. The first-order chi connectivity index (χ1) is 11.9. The van der Waals surface area contributed by atoms with Crippen molar-refractivity contribution < 1.29 is 4.79 Å². The summed E-state index contributed by atoms with van der Waals surface area (Å²) in [7, 11) is 0. The smallest absolute Gasteiger partial charge is 0.160 e. The Morgan fingerprint density at radius 1 is 1.16 bits per heavy atom. The number of carbonyl (C=O) groups is 1. The van der Waals surface area contributed by atoms with Crippen molar-refractivity contribution in [2.24, 2.45) is 5.41 Å². The van der Waals surface area contributed by atoms with E-state index in [-0.39, 0.29) is 10.8 Å². The SMILES string of the molecule is CC[C@]1(c2ccccc2)C2=C(Cc3nc(C)sc31)CC(C)(C)CC2=O. The van der Waals surface area contributed by atoms with Crippen LogP contribution in [-0.2, 0) is 16.6 Å². The molecule has 25 heavy (non-hydrogen) atoms. The number of ketones is 1. The van der Waals surface area contributed by atoms with Gasteiger partial charge >= 0.3 is 0 Å². The monoisotopic (exact) mass is 351 g/mol. The van der Waals surface area contributed by atoms with Gasteiger partial charge in [-0.15, -0.1) is 11.3 Å². The van der Waals surface area contributed by atoms with Crippen molar-refractivity contribution in [1.29, 1.82) is 0 Å². The highest BCUT2D eigenvalue weighted by Gasteiger charge is 2.50. The average Bonchev–Trinajstić information content (AvgIpc) is 2.92. The third kappa shape index (κ3) is 2.43. The number of benzene rings is 1. The highest BCUT2D eigenvalue weighted by Crippen LogP contribution is 2.55. The molecule has 130 valence electrons. The predicted octanol–water partition coefficient (Wildman–Crippen LogP) is 5.39. The molecule has 2 aromatic rings. The molecule has 0 spiro atoms. The summed E-state index contributed by atoms with van der Waals surface area (Å²) in [4.78, 5) is 19.5. The molecule has 0 bridgehead atoms. The van der Waals surface area contributed by atoms with Crippen LogP contribution in [0.3, 0.4) is 0 Å². The van der Waals surface area contributed by atoms with Crippen molar-refractivity contribution in [3.05, 3.63) is 62.6 Å². The fraction of sp³-hybridized carbons (Fsp3) is 0.455. The summed E-state index contributed by atoms with van der Waals surface area (Å²) < 4.78 is 0. The molecule has 2 nitrogen and oxygen atoms in total. The molecule has 0 saturated carbocycles. The van der Waals surface area contributed by atoms with Gasteiger partial charge in [-0.3, -0.25) is 4.79 Å². The van der Waals surface area contributed by atoms with Gasteiger partial charge in [-0.25, -0.2) is 4.98 Å². The van der Waals surface area contributed by atoms with Gasteiger partial charge in [0.25, 0.3) is 0 Å². The molecule has 0 saturated heterocycles. The molecular formula is C22H25NOS. The molecule has 0 N–H and O–H groups in total. The molecule has 0 aliphatic heterocycles. The molecular weight excluding hydrogens is 326 g/mol. The zero-order chi connectivity index (χ0) is 17.8. The van der Waals surface area contributed by atoms with E-state index in [1.165, 1.54) is 21.7 Å². The van der Waals surface area contributed by atoms with E-state index in [0.29, 0.717) is 12.2 Å². The molecule has 0 fully saturated rings. The van der Waals surface area contributed by atoms with E-state index >= 15 is 0 Å². The number of fused-ring (bicyclic) bond motifs is 1. The van der Waals surface area contributed by atoms with E-state index in [1.54, 1.807) is 11.3 Å². The molecule has 0 amide bonds. The van der Waals surface area contributed by atoms with Gasteiger partial charge in [0.2, 0.25) is 0 Å². The number of aryl methyl sites for hydroxylation is 1. The zero-order valence-electron chi connectivity index (χ0n) is 15.5. The number of nitrogens with zero attached hydrogens (tertiary/aromatic N) is 1. The predicted molar refractivity (Wildman–Crippen MR) is 103 cm³/mol. The van der Waals surface area contributed by atoms with Crippen molar-refractivity contribution in [1.82, 2.24) is 4.98 Å². The highest BCUT2D eigenvalue weighted by atomic mass is 32.1. The van der Waals surface area contributed by atoms with Crippen molar-refractivity contribution in [2.75, 3.05) is 0 Å². The molecule has 3 heteroatoms. The summed E-state index contributed by atoms with van der Waals surface area (Å²) in [6, 6.07) is 10.6. The number of Topliss-reactive ketones (excluding diaryl/α,β-unsaturated/α-hetero) is 1. The fourth-order valence-corrected chi connectivity index (χ4v) is 6.14. The lowest BCUT2D eigenvalue weighted by molar-refractivity contribution is -0.118. The quantitative estimate of drug-likeness (QED) is 0.726. The number of allylic oxidation sites excluding steroid dienone is 2. The second-order valence-electron chi connectivity index (χ2n) is 8.23. The van der Waals surface area contributed by atoms with E-state index < -0.39 is 0 Å². The minimum Gasteiger partial charge on any atom is -0.294 e. The van der Waals surface area contributed by atoms with Crippen LogP contribution < -0.4 is 0 Å². The van der Waals surface area contributed by atoms with Gasteiger partial charge in [0.1, 0.15) is 0 Å². The molecule has 1 atom stereocenters. The van der Waals surface area contributed by atoms with E-state index in [4.69, 9.17) is 4.98 Å². The van der Waals surface area contributed by atoms with Crippen LogP contribution in [0.15, 0.2) is 41.5 Å². The first-order valence-corrected chi connectivity index (χ1v) is 9.97. The Hall–Kier alpha value is -1.74. The molecule has 1 heterocycles. The van der Waals surface area contributed by atoms with E-state index in [0.717, 1.165) is 29.8 Å². The van der Waals surface area contributed by atoms with Gasteiger partial charge in [0.05, 0.1) is 16.1 Å². The third-order valence-corrected chi connectivity index (χ3v) is 6.93. The van der Waals surface area contributed by atoms with Gasteiger partial charge in [-0.05, 0) is 30.7 Å². The summed E-state index contributed by atoms with van der Waals surface area (Å²) in [6.07, 6.45) is 3.39. The Bertz CT molecular complexity index is 875. The molecule has 2 aliphatic rings. The second kappa shape index (κ2) is 5.63. The van der Waals surface area contributed by atoms with E-state index in [1.807, 2.05) is 0 Å². The van der Waals surface area contributed by atoms with E-state index in [9.17, 15) is 4.79 Å². The Morgan fingerprint density at radius 2 is 1.88 bits per heavy atom. The minimum atomic E-state index is -0.316. The lowest BCUT2D eigenvalue weighted by Gasteiger charge is -2.44. The van der Waals surface area contributed by atoms with Crippen LogP contribution in [0.4, 0.5) is 0 Å². The van der Waals surface area contributed by atoms with Crippen molar-refractivity contribution in [2.45, 2.75) is 58.8 Å². The maximum Gasteiger partial charge on any atom is 0.160 e. The Labute approximate surface area is 154 Å². The topological polar surface area (TPSA) is 30.0 Å². The second-order valence-corrected chi connectivity index (χ2v) is 9.43. The van der Waals surface area contributed by atoms with Crippen molar-refractivity contribution in [3.8, 4) is 0 Å². The van der Waals surface area contributed by atoms with Crippen LogP contribution in [-0.4, -0.2) is 10.8 Å². The molecule has 2 aliphatic carbocycles. The molecule has 1 aromatic heterocycles. The van der Waals surface area contributed by atoms with Crippen LogP contribution in [0.2, 0.25) is 0 Å². The summed E-state index contributed by atoms with van der Waals surface area (Å²) in [6.45, 7) is 8.73. The number of carbonyl (C=O) groups excluding carboxylic acids is 1. The van der Waals surface area contributed by atoms with E-state index in [2.05, 4.69) is 58.0 Å². The largest absolute Gasteiger partial charge is 0.294 e. The Balaban J connectivity index is 2.04. The fourth-order valence-electron chi connectivity index (χ4n) is 4.92. The van der Waals surface area contributed by atoms with Crippen molar-refractivity contribution >= 4 is 17.1 Å². The number of aromatic nitrogens is 1. The zero-order valence-corrected chi connectivity index (χ0v) is 16.3. The molecule has 4 rings (SSSR count). The first kappa shape index (κ1) is 16.7. The standard InChI is InChI=1S/C22H25NOS/c1-5-22(16-9-7-6-8-10-16)19-15(12-21(3,4)13-18(19)24)11-17-20(22)25-14(2)23-17/h6-10H,5,11-13H2,1-4H3/t22-/m0/s1. The Morgan fingerprint density at radius 3 is 2.56 bits per heavy atom. The summed E-state index contributed by atoms with van der Waals surface area (Å²) in [5.41, 5.74) is 4.57. The summed E-state index contributed by atoms with van der Waals surface area (Å²) in [5.74, 6) is 0.341.